The first-order valence-electron chi connectivity index (χ1n) is 9.14. The highest BCUT2D eigenvalue weighted by Crippen LogP contribution is 2.51. The molecule has 4 heteroatoms. The minimum atomic E-state index is 0.161. The molecule has 1 aromatic rings. The number of nitrogens with zero attached hydrogens (tertiary/aromatic N) is 2. The summed E-state index contributed by atoms with van der Waals surface area (Å²) in [5.74, 6) is 1.25. The normalized spacial score (nSPS) is 33.1. The summed E-state index contributed by atoms with van der Waals surface area (Å²) in [6.07, 6.45) is 9.85. The van der Waals surface area contributed by atoms with Crippen molar-refractivity contribution >= 4 is 23.2 Å². The summed E-state index contributed by atoms with van der Waals surface area (Å²) >= 11 is 0. The van der Waals surface area contributed by atoms with Crippen LogP contribution in [0.25, 0.3) is 0 Å². The Kier molecular flexibility index (Phi) is 3.09. The smallest absolute Gasteiger partial charge is 0.227 e. The van der Waals surface area contributed by atoms with Crippen LogP contribution in [0.1, 0.15) is 38.5 Å². The number of allylic oxidation sites excluding steroid dienone is 2. The highest BCUT2D eigenvalue weighted by atomic mass is 16.2. The second-order valence-electron chi connectivity index (χ2n) is 7.59. The molecule has 0 aromatic heterocycles. The van der Waals surface area contributed by atoms with E-state index in [4.69, 9.17) is 0 Å². The SMILES string of the molecule is O=C1C[C@H]2CC[C@@H]3[C@H]2N1c1ccccc1N3C(=O)CC1C=CCC1. The topological polar surface area (TPSA) is 40.6 Å². The van der Waals surface area contributed by atoms with Crippen molar-refractivity contribution in [3.8, 4) is 0 Å². The number of anilines is 2. The Bertz CT molecular complexity index is 741. The van der Waals surface area contributed by atoms with E-state index in [1.54, 1.807) is 0 Å². The summed E-state index contributed by atoms with van der Waals surface area (Å²) in [7, 11) is 0. The zero-order chi connectivity index (χ0) is 16.3. The zero-order valence-corrected chi connectivity index (χ0v) is 13.7. The summed E-state index contributed by atoms with van der Waals surface area (Å²) in [5, 5.41) is 0. The van der Waals surface area contributed by atoms with Gasteiger partial charge in [0.2, 0.25) is 11.8 Å². The number of rotatable bonds is 2. The van der Waals surface area contributed by atoms with E-state index in [9.17, 15) is 9.59 Å². The van der Waals surface area contributed by atoms with Crippen LogP contribution in [0.2, 0.25) is 0 Å². The van der Waals surface area contributed by atoms with Crippen molar-refractivity contribution in [1.82, 2.24) is 0 Å². The molecule has 24 heavy (non-hydrogen) atoms. The van der Waals surface area contributed by atoms with Gasteiger partial charge in [-0.2, -0.15) is 0 Å². The Balaban J connectivity index is 1.55. The van der Waals surface area contributed by atoms with E-state index in [0.717, 1.165) is 37.1 Å². The van der Waals surface area contributed by atoms with E-state index in [0.29, 0.717) is 24.7 Å². The third-order valence-corrected chi connectivity index (χ3v) is 6.26. The molecule has 2 amide bonds. The van der Waals surface area contributed by atoms with Crippen molar-refractivity contribution in [3.05, 3.63) is 36.4 Å². The minimum absolute atomic E-state index is 0.161. The minimum Gasteiger partial charge on any atom is -0.305 e. The molecule has 0 N–H and O–H groups in total. The maximum absolute atomic E-state index is 13.2. The lowest BCUT2D eigenvalue weighted by Gasteiger charge is -2.44. The lowest BCUT2D eigenvalue weighted by atomic mass is 9.96. The number of carbonyl (C=O) groups is 2. The van der Waals surface area contributed by atoms with Gasteiger partial charge in [-0.15, -0.1) is 0 Å². The first kappa shape index (κ1) is 14.3. The van der Waals surface area contributed by atoms with Gasteiger partial charge in [-0.05, 0) is 49.7 Å². The van der Waals surface area contributed by atoms with Crippen molar-refractivity contribution in [2.24, 2.45) is 11.8 Å². The molecule has 1 unspecified atom stereocenters. The highest BCUT2D eigenvalue weighted by Gasteiger charge is 2.55. The fraction of sp³-hybridized carbons (Fsp3) is 0.500. The van der Waals surface area contributed by atoms with Gasteiger partial charge in [-0.1, -0.05) is 24.3 Å². The van der Waals surface area contributed by atoms with Gasteiger partial charge in [0.15, 0.2) is 0 Å². The summed E-state index contributed by atoms with van der Waals surface area (Å²) in [6, 6.07) is 8.30. The van der Waals surface area contributed by atoms with Crippen molar-refractivity contribution in [2.45, 2.75) is 50.6 Å². The second-order valence-corrected chi connectivity index (χ2v) is 7.59. The fourth-order valence-corrected chi connectivity index (χ4v) is 5.27. The molecule has 2 heterocycles. The molecule has 4 aliphatic rings. The first-order valence-corrected chi connectivity index (χ1v) is 9.14. The summed E-state index contributed by atoms with van der Waals surface area (Å²) in [6.45, 7) is 0. The molecule has 0 bridgehead atoms. The Hall–Kier alpha value is -2.10. The number of benzene rings is 1. The van der Waals surface area contributed by atoms with Crippen molar-refractivity contribution in [1.29, 1.82) is 0 Å². The van der Waals surface area contributed by atoms with Crippen LogP contribution in [-0.4, -0.2) is 23.9 Å². The molecule has 1 aromatic carbocycles. The van der Waals surface area contributed by atoms with Gasteiger partial charge in [-0.25, -0.2) is 0 Å². The molecule has 124 valence electrons. The lowest BCUT2D eigenvalue weighted by Crippen LogP contribution is -2.56. The molecular weight excluding hydrogens is 300 g/mol. The van der Waals surface area contributed by atoms with Gasteiger partial charge < -0.3 is 9.80 Å². The number of amides is 2. The van der Waals surface area contributed by atoms with E-state index < -0.39 is 0 Å². The third-order valence-electron chi connectivity index (χ3n) is 6.26. The monoisotopic (exact) mass is 322 g/mol. The maximum Gasteiger partial charge on any atom is 0.227 e. The molecular formula is C20H22N2O2. The Morgan fingerprint density at radius 3 is 2.75 bits per heavy atom. The largest absolute Gasteiger partial charge is 0.305 e. The van der Waals surface area contributed by atoms with Crippen LogP contribution < -0.4 is 9.80 Å². The summed E-state index contributed by atoms with van der Waals surface area (Å²) in [4.78, 5) is 29.7. The Labute approximate surface area is 142 Å². The van der Waals surface area contributed by atoms with Gasteiger partial charge in [-0.3, -0.25) is 9.59 Å². The van der Waals surface area contributed by atoms with Gasteiger partial charge >= 0.3 is 0 Å². The second kappa shape index (κ2) is 5.20. The van der Waals surface area contributed by atoms with Gasteiger partial charge in [0, 0.05) is 12.8 Å². The van der Waals surface area contributed by atoms with Crippen molar-refractivity contribution in [3.63, 3.8) is 0 Å². The fourth-order valence-electron chi connectivity index (χ4n) is 5.27. The molecule has 1 saturated carbocycles. The Morgan fingerprint density at radius 2 is 1.96 bits per heavy atom. The number of carbonyl (C=O) groups excluding carboxylic acids is 2. The van der Waals surface area contributed by atoms with Crippen LogP contribution in [0.4, 0.5) is 11.4 Å². The van der Waals surface area contributed by atoms with Crippen LogP contribution >= 0.6 is 0 Å². The van der Waals surface area contributed by atoms with E-state index in [-0.39, 0.29) is 23.9 Å². The van der Waals surface area contributed by atoms with E-state index in [2.05, 4.69) is 12.2 Å². The van der Waals surface area contributed by atoms with E-state index in [1.807, 2.05) is 34.1 Å². The molecule has 4 atom stereocenters. The van der Waals surface area contributed by atoms with Crippen molar-refractivity contribution < 1.29 is 9.59 Å². The molecule has 5 rings (SSSR count). The summed E-state index contributed by atoms with van der Waals surface area (Å²) in [5.41, 5.74) is 1.87. The number of para-hydroxylation sites is 2. The highest BCUT2D eigenvalue weighted by molar-refractivity contribution is 6.07. The molecule has 2 aliphatic carbocycles. The molecule has 2 aliphatic heterocycles. The van der Waals surface area contributed by atoms with Crippen LogP contribution in [0.5, 0.6) is 0 Å². The van der Waals surface area contributed by atoms with Crippen LogP contribution in [0.15, 0.2) is 36.4 Å². The molecule has 2 fully saturated rings. The average Bonchev–Trinajstić information content (AvgIpc) is 3.29. The lowest BCUT2D eigenvalue weighted by molar-refractivity contribution is -0.120. The predicted molar refractivity (Wildman–Crippen MR) is 92.8 cm³/mol. The third kappa shape index (κ3) is 1.92. The quantitative estimate of drug-likeness (QED) is 0.784. The van der Waals surface area contributed by atoms with Crippen LogP contribution in [0, 0.1) is 11.8 Å². The molecule has 0 radical (unpaired) electrons. The zero-order valence-electron chi connectivity index (χ0n) is 13.7. The molecule has 1 saturated heterocycles. The molecule has 4 nitrogen and oxygen atoms in total. The predicted octanol–water partition coefficient (Wildman–Crippen LogP) is 3.27. The Morgan fingerprint density at radius 1 is 1.12 bits per heavy atom. The molecule has 0 spiro atoms. The van der Waals surface area contributed by atoms with Crippen LogP contribution in [0.3, 0.4) is 0 Å². The summed E-state index contributed by atoms with van der Waals surface area (Å²) < 4.78 is 0. The number of fused-ring (bicyclic) bond motifs is 2. The van der Waals surface area contributed by atoms with E-state index >= 15 is 0 Å². The first-order chi connectivity index (χ1) is 11.7. The van der Waals surface area contributed by atoms with E-state index in [1.165, 1.54) is 0 Å². The number of hydrogen-bond donors (Lipinski definition) is 0. The van der Waals surface area contributed by atoms with Crippen LogP contribution in [-0.2, 0) is 9.59 Å². The van der Waals surface area contributed by atoms with Gasteiger partial charge in [0.05, 0.1) is 23.5 Å². The maximum atomic E-state index is 13.2. The number of hydrogen-bond acceptors (Lipinski definition) is 2. The van der Waals surface area contributed by atoms with Gasteiger partial charge in [0.25, 0.3) is 0 Å². The standard InChI is InChI=1S/C20H22N2O2/c23-18(11-13-5-1-2-6-13)21-15-7-3-4-8-16(15)22-19(24)12-14-9-10-17(21)20(14)22/h1,3-5,7-8,13-14,17,20H,2,6,9-12H2/t13?,14-,17-,20+/m1/s1. The van der Waals surface area contributed by atoms with Crippen molar-refractivity contribution in [2.75, 3.05) is 9.80 Å². The van der Waals surface area contributed by atoms with Gasteiger partial charge in [0.1, 0.15) is 0 Å². The average molecular weight is 322 g/mol.